The summed E-state index contributed by atoms with van der Waals surface area (Å²) in [5.41, 5.74) is 0.163. The molecule has 0 fully saturated rings. The second-order valence-electron chi connectivity index (χ2n) is 2.77. The van der Waals surface area contributed by atoms with Crippen LogP contribution in [0, 0.1) is 0 Å². The molecule has 0 atom stereocenters. The molecule has 6 nitrogen and oxygen atoms in total. The number of aromatic nitrogens is 1. The van der Waals surface area contributed by atoms with Gasteiger partial charge >= 0.3 is 12.1 Å². The smallest absolute Gasteiger partial charge is 0.413 e. The lowest BCUT2D eigenvalue weighted by atomic mass is 10.5. The van der Waals surface area contributed by atoms with E-state index in [4.69, 9.17) is 9.47 Å². The fraction of sp³-hybridized carbons (Fsp3) is 0.300. The molecule has 0 aliphatic rings. The molecule has 0 spiro atoms. The maximum Gasteiger partial charge on any atom is 0.413 e. The third kappa shape index (κ3) is 4.23. The van der Waals surface area contributed by atoms with Crippen LogP contribution in [0.1, 0.15) is 17.4 Å². The Morgan fingerprint density at radius 2 is 2.35 bits per heavy atom. The van der Waals surface area contributed by atoms with Gasteiger partial charge in [-0.25, -0.2) is 14.6 Å². The number of carbonyl (C=O) groups excluding carboxylic acids is 2. The van der Waals surface area contributed by atoms with Crippen molar-refractivity contribution in [1.29, 1.82) is 0 Å². The van der Waals surface area contributed by atoms with Crippen LogP contribution in [0.15, 0.2) is 18.0 Å². The van der Waals surface area contributed by atoms with Gasteiger partial charge in [-0.15, -0.1) is 11.3 Å². The Morgan fingerprint density at radius 3 is 3.00 bits per heavy atom. The molecule has 0 saturated heterocycles. The van der Waals surface area contributed by atoms with Crippen molar-refractivity contribution in [2.45, 2.75) is 6.92 Å². The monoisotopic (exact) mass is 256 g/mol. The largest absolute Gasteiger partial charge is 0.461 e. The standard InChI is InChI=1S/C10H12N2O4S/c1-3-5-16-10(14)12-9-11-7(6-17-9)8(13)15-4-2/h3,6H,1,4-5H2,2H3,(H,11,12,14). The molecule has 1 aromatic heterocycles. The first kappa shape index (κ1) is 13.2. The van der Waals surface area contributed by atoms with Gasteiger partial charge in [0, 0.05) is 5.38 Å². The fourth-order valence-corrected chi connectivity index (χ4v) is 1.55. The zero-order valence-electron chi connectivity index (χ0n) is 9.26. The van der Waals surface area contributed by atoms with Crippen LogP contribution in [-0.2, 0) is 9.47 Å². The number of anilines is 1. The first-order valence-corrected chi connectivity index (χ1v) is 5.72. The third-order valence-corrected chi connectivity index (χ3v) is 2.29. The molecular weight excluding hydrogens is 244 g/mol. The Hall–Kier alpha value is -1.89. The SMILES string of the molecule is C=CCOC(=O)Nc1nc(C(=O)OCC)cs1. The van der Waals surface area contributed by atoms with E-state index in [0.717, 1.165) is 11.3 Å². The Labute approximate surface area is 102 Å². The summed E-state index contributed by atoms with van der Waals surface area (Å²) in [5.74, 6) is -0.517. The molecule has 1 heterocycles. The topological polar surface area (TPSA) is 77.5 Å². The van der Waals surface area contributed by atoms with Crippen molar-refractivity contribution in [3.63, 3.8) is 0 Å². The quantitative estimate of drug-likeness (QED) is 0.644. The minimum absolute atomic E-state index is 0.113. The molecular formula is C10H12N2O4S. The van der Waals surface area contributed by atoms with Gasteiger partial charge in [-0.2, -0.15) is 0 Å². The highest BCUT2D eigenvalue weighted by atomic mass is 32.1. The van der Waals surface area contributed by atoms with E-state index in [1.807, 2.05) is 0 Å². The van der Waals surface area contributed by atoms with Gasteiger partial charge in [-0.1, -0.05) is 12.7 Å². The minimum atomic E-state index is -0.644. The molecule has 17 heavy (non-hydrogen) atoms. The lowest BCUT2D eigenvalue weighted by Gasteiger charge is -2.00. The molecule has 0 unspecified atom stereocenters. The zero-order valence-corrected chi connectivity index (χ0v) is 10.1. The lowest BCUT2D eigenvalue weighted by Crippen LogP contribution is -2.13. The molecule has 1 amide bonds. The summed E-state index contributed by atoms with van der Waals surface area (Å²) >= 11 is 1.12. The fourth-order valence-electron chi connectivity index (χ4n) is 0.888. The van der Waals surface area contributed by atoms with Crippen LogP contribution >= 0.6 is 11.3 Å². The van der Waals surface area contributed by atoms with Crippen LogP contribution in [0.4, 0.5) is 9.93 Å². The van der Waals surface area contributed by atoms with Gasteiger partial charge in [0.05, 0.1) is 6.61 Å². The highest BCUT2D eigenvalue weighted by Gasteiger charge is 2.13. The Morgan fingerprint density at radius 1 is 1.59 bits per heavy atom. The number of amides is 1. The summed E-state index contributed by atoms with van der Waals surface area (Å²) < 4.78 is 9.45. The molecule has 92 valence electrons. The summed E-state index contributed by atoms with van der Waals surface area (Å²) in [6, 6.07) is 0. The number of carbonyl (C=O) groups is 2. The van der Waals surface area contributed by atoms with Gasteiger partial charge in [-0.05, 0) is 6.92 Å². The number of ether oxygens (including phenoxy) is 2. The van der Waals surface area contributed by atoms with E-state index in [1.165, 1.54) is 11.5 Å². The van der Waals surface area contributed by atoms with E-state index in [9.17, 15) is 9.59 Å². The second-order valence-corrected chi connectivity index (χ2v) is 3.63. The van der Waals surface area contributed by atoms with Gasteiger partial charge in [0.2, 0.25) is 0 Å². The summed E-state index contributed by atoms with van der Waals surface area (Å²) in [6.45, 7) is 5.50. The molecule has 1 rings (SSSR count). The molecule has 1 N–H and O–H groups in total. The average Bonchev–Trinajstić information content (AvgIpc) is 2.75. The van der Waals surface area contributed by atoms with Crippen molar-refractivity contribution in [3.05, 3.63) is 23.7 Å². The van der Waals surface area contributed by atoms with E-state index in [0.29, 0.717) is 0 Å². The van der Waals surface area contributed by atoms with Crippen molar-refractivity contribution in [3.8, 4) is 0 Å². The first-order chi connectivity index (χ1) is 8.17. The molecule has 0 bridgehead atoms. The number of hydrogen-bond acceptors (Lipinski definition) is 6. The van der Waals surface area contributed by atoms with Crippen molar-refractivity contribution >= 4 is 28.5 Å². The van der Waals surface area contributed by atoms with E-state index in [1.54, 1.807) is 6.92 Å². The van der Waals surface area contributed by atoms with Crippen LogP contribution in [0.5, 0.6) is 0 Å². The summed E-state index contributed by atoms with van der Waals surface area (Å²) in [7, 11) is 0. The Bertz CT molecular complexity index is 416. The Balaban J connectivity index is 2.53. The molecule has 0 radical (unpaired) electrons. The van der Waals surface area contributed by atoms with Crippen LogP contribution in [0.3, 0.4) is 0 Å². The van der Waals surface area contributed by atoms with Gasteiger partial charge in [0.25, 0.3) is 0 Å². The first-order valence-electron chi connectivity index (χ1n) is 4.84. The average molecular weight is 256 g/mol. The second kappa shape index (κ2) is 6.64. The zero-order chi connectivity index (χ0) is 12.7. The lowest BCUT2D eigenvalue weighted by molar-refractivity contribution is 0.0520. The van der Waals surface area contributed by atoms with Gasteiger partial charge in [-0.3, -0.25) is 5.32 Å². The van der Waals surface area contributed by atoms with Crippen molar-refractivity contribution in [2.75, 3.05) is 18.5 Å². The molecule has 0 aromatic carbocycles. The molecule has 7 heteroatoms. The molecule has 1 aromatic rings. The van der Waals surface area contributed by atoms with Crippen LogP contribution < -0.4 is 5.32 Å². The van der Waals surface area contributed by atoms with Gasteiger partial charge in [0.1, 0.15) is 6.61 Å². The van der Waals surface area contributed by atoms with Gasteiger partial charge in [0.15, 0.2) is 10.8 Å². The predicted octanol–water partition coefficient (Wildman–Crippen LogP) is 2.05. The van der Waals surface area contributed by atoms with E-state index >= 15 is 0 Å². The number of esters is 1. The summed E-state index contributed by atoms with van der Waals surface area (Å²) in [5, 5.41) is 4.17. The summed E-state index contributed by atoms with van der Waals surface area (Å²) in [4.78, 5) is 26.3. The number of nitrogens with one attached hydrogen (secondary N) is 1. The molecule has 0 saturated carbocycles. The number of hydrogen-bond donors (Lipinski definition) is 1. The van der Waals surface area contributed by atoms with E-state index in [-0.39, 0.29) is 24.0 Å². The molecule has 0 aliphatic carbocycles. The normalized spacial score (nSPS) is 9.47. The highest BCUT2D eigenvalue weighted by Crippen LogP contribution is 2.16. The van der Waals surface area contributed by atoms with Crippen molar-refractivity contribution < 1.29 is 19.1 Å². The maximum absolute atomic E-state index is 11.3. The third-order valence-electron chi connectivity index (χ3n) is 1.53. The number of nitrogens with zero attached hydrogens (tertiary/aromatic N) is 1. The number of rotatable bonds is 5. The van der Waals surface area contributed by atoms with Crippen LogP contribution in [-0.4, -0.2) is 30.3 Å². The molecule has 0 aliphatic heterocycles. The summed E-state index contributed by atoms with van der Waals surface area (Å²) in [6.07, 6.45) is 0.806. The maximum atomic E-state index is 11.3. The predicted molar refractivity (Wildman–Crippen MR) is 63.2 cm³/mol. The van der Waals surface area contributed by atoms with Crippen LogP contribution in [0.25, 0.3) is 0 Å². The van der Waals surface area contributed by atoms with E-state index < -0.39 is 12.1 Å². The van der Waals surface area contributed by atoms with E-state index in [2.05, 4.69) is 16.9 Å². The Kier molecular flexibility index (Phi) is 5.15. The van der Waals surface area contributed by atoms with Gasteiger partial charge < -0.3 is 9.47 Å². The minimum Gasteiger partial charge on any atom is -0.461 e. The van der Waals surface area contributed by atoms with Crippen molar-refractivity contribution in [2.24, 2.45) is 0 Å². The highest BCUT2D eigenvalue weighted by molar-refractivity contribution is 7.14. The van der Waals surface area contributed by atoms with Crippen LogP contribution in [0.2, 0.25) is 0 Å². The van der Waals surface area contributed by atoms with Crippen molar-refractivity contribution in [1.82, 2.24) is 4.98 Å². The number of thiazole rings is 1.